The van der Waals surface area contributed by atoms with Crippen LogP contribution in [0.5, 0.6) is 0 Å². The van der Waals surface area contributed by atoms with Crippen molar-refractivity contribution < 1.29 is 53.4 Å². The van der Waals surface area contributed by atoms with Gasteiger partial charge in [-0.3, -0.25) is 43.3 Å². The predicted molar refractivity (Wildman–Crippen MR) is 228 cm³/mol. The lowest BCUT2D eigenvalue weighted by molar-refractivity contribution is -0.142. The minimum atomic E-state index is -1.41. The summed E-state index contributed by atoms with van der Waals surface area (Å²) in [5.41, 5.74) is 21.9. The number of aliphatic carboxylic acids is 2. The lowest BCUT2D eigenvalue weighted by atomic mass is 9.99. The van der Waals surface area contributed by atoms with E-state index in [0.717, 1.165) is 0 Å². The largest absolute Gasteiger partial charge is 0.481 e. The molecule has 0 unspecified atom stereocenters. The highest BCUT2D eigenvalue weighted by Crippen LogP contribution is 2.11. The molecule has 0 bridgehead atoms. The Balaban J connectivity index is 5.79. The molecule has 0 spiro atoms. The van der Waals surface area contributed by atoms with Gasteiger partial charge in [-0.1, -0.05) is 27.7 Å². The summed E-state index contributed by atoms with van der Waals surface area (Å²) in [5, 5.41) is 36.0. The zero-order chi connectivity index (χ0) is 46.7. The lowest BCUT2D eigenvalue weighted by Crippen LogP contribution is -2.58. The van der Waals surface area contributed by atoms with Crippen molar-refractivity contribution in [3.05, 3.63) is 0 Å². The van der Waals surface area contributed by atoms with Gasteiger partial charge in [0.25, 0.3) is 0 Å². The summed E-state index contributed by atoms with van der Waals surface area (Å²) < 4.78 is 0. The van der Waals surface area contributed by atoms with Crippen molar-refractivity contribution in [3.8, 4) is 0 Å². The molecule has 0 fully saturated rings. The minimum absolute atomic E-state index is 0.0300. The lowest BCUT2D eigenvalue weighted by Gasteiger charge is -2.27. The second kappa shape index (κ2) is 30.7. The normalized spacial score (nSPS) is 13.9. The third-order valence-electron chi connectivity index (χ3n) is 8.68. The van der Waals surface area contributed by atoms with Crippen LogP contribution < -0.4 is 60.2 Å². The van der Waals surface area contributed by atoms with E-state index in [0.29, 0.717) is 25.1 Å². The van der Waals surface area contributed by atoms with Crippen LogP contribution >= 0.6 is 11.8 Å². The minimum Gasteiger partial charge on any atom is -0.481 e. The highest BCUT2D eigenvalue weighted by Gasteiger charge is 2.32. The van der Waals surface area contributed by atoms with Gasteiger partial charge in [-0.25, -0.2) is 4.79 Å². The monoisotopic (exact) mass is 888 g/mol. The van der Waals surface area contributed by atoms with Gasteiger partial charge in [-0.2, -0.15) is 11.8 Å². The van der Waals surface area contributed by atoms with Crippen molar-refractivity contribution in [2.45, 2.75) is 122 Å². The summed E-state index contributed by atoms with van der Waals surface area (Å²) in [6, 6.07) is -7.34. The van der Waals surface area contributed by atoms with E-state index in [4.69, 9.17) is 28.0 Å². The molecule has 0 rings (SSSR count). The number of carboxylic acid groups (broad SMARTS) is 2. The molecule has 0 heterocycles. The average Bonchev–Trinajstić information content (AvgIpc) is 3.16. The standard InChI is InChI=1S/C37H68N12O11S/c1-20(2)15-26(45-29(51)19-43-28(50)18-44-32(55)23(9-6-7-12-38)46-31(54)22(39)17-30(52)53)34(57)49-27(16-21(3)4)35(58)47-24(10-8-13-42-37(40)41)33(56)48-25(36(59)60)11-14-61-5/h20-27H,6-19,38-39H2,1-5H3,(H,43,50)(H,44,55)(H,45,51)(H,46,54)(H,47,58)(H,48,56)(H,49,57)(H,52,53)(H,59,60)(H4,40,41,42)/t22-,23-,24-,25-,26-,27-/m0/s1. The molecular weight excluding hydrogens is 821 g/mol. The van der Waals surface area contributed by atoms with E-state index < -0.39 is 109 Å². The Morgan fingerprint density at radius 1 is 0.607 bits per heavy atom. The number of carboxylic acids is 2. The summed E-state index contributed by atoms with van der Waals surface area (Å²) in [6.45, 7) is 6.47. The molecule has 0 aliphatic heterocycles. The number of rotatable bonds is 32. The fraction of sp³-hybridized carbons (Fsp3) is 0.730. The maximum Gasteiger partial charge on any atom is 0.326 e. The molecular formula is C37H68N12O11S. The van der Waals surface area contributed by atoms with Gasteiger partial charge in [0.05, 0.1) is 25.6 Å². The van der Waals surface area contributed by atoms with E-state index in [-0.39, 0.29) is 62.9 Å². The number of aliphatic imine (C=N–C) groups is 1. The first-order chi connectivity index (χ1) is 28.6. The van der Waals surface area contributed by atoms with Crippen molar-refractivity contribution in [2.24, 2.45) is 39.8 Å². The van der Waals surface area contributed by atoms with Gasteiger partial charge < -0.3 is 70.4 Å². The van der Waals surface area contributed by atoms with Crippen molar-refractivity contribution >= 4 is 71.0 Å². The van der Waals surface area contributed by atoms with Crippen LogP contribution in [0.3, 0.4) is 0 Å². The summed E-state index contributed by atoms with van der Waals surface area (Å²) in [6.07, 6.45) is 2.87. The van der Waals surface area contributed by atoms with E-state index in [1.54, 1.807) is 20.1 Å². The van der Waals surface area contributed by atoms with Gasteiger partial charge in [-0.15, -0.1) is 0 Å². The summed E-state index contributed by atoms with van der Waals surface area (Å²) in [7, 11) is 0. The Kier molecular flexibility index (Phi) is 28.1. The van der Waals surface area contributed by atoms with Crippen LogP contribution in [-0.4, -0.2) is 144 Å². The number of carbonyl (C=O) groups is 9. The number of amides is 7. The Hall–Kier alpha value is -5.23. The molecule has 0 radical (unpaired) electrons. The topological polar surface area (TPSA) is 395 Å². The van der Waals surface area contributed by atoms with Gasteiger partial charge in [0.2, 0.25) is 41.4 Å². The maximum absolute atomic E-state index is 13.7. The molecule has 348 valence electrons. The number of carbonyl (C=O) groups excluding carboxylic acids is 7. The van der Waals surface area contributed by atoms with Gasteiger partial charge >= 0.3 is 11.9 Å². The SMILES string of the molecule is CSCC[C@H](NC(=O)[C@H](CCCN=C(N)N)NC(=O)[C@H](CC(C)C)NC(=O)[C@H](CC(C)C)NC(=O)CNC(=O)CNC(=O)[C@H](CCCCN)NC(=O)[C@@H](N)CC(=O)O)C(=O)O. The second-order valence-electron chi connectivity index (χ2n) is 15.2. The number of hydrogen-bond acceptors (Lipinski definition) is 13. The van der Waals surface area contributed by atoms with E-state index in [1.807, 2.05) is 13.8 Å². The Labute approximate surface area is 360 Å². The van der Waals surface area contributed by atoms with Gasteiger partial charge in [-0.05, 0) is 81.8 Å². The first kappa shape index (κ1) is 55.8. The van der Waals surface area contributed by atoms with Crippen LogP contribution in [0.1, 0.15) is 85.5 Å². The number of hydrogen-bond donors (Lipinski definition) is 13. The van der Waals surface area contributed by atoms with Crippen LogP contribution in [0.4, 0.5) is 0 Å². The summed E-state index contributed by atoms with van der Waals surface area (Å²) in [5.74, 6) is -7.90. The molecule has 23 nitrogen and oxygen atoms in total. The van der Waals surface area contributed by atoms with E-state index in [2.05, 4.69) is 42.2 Å². The number of nitrogens with one attached hydrogen (secondary N) is 7. The number of unbranched alkanes of at least 4 members (excludes halogenated alkanes) is 1. The number of nitrogens with zero attached hydrogens (tertiary/aromatic N) is 1. The van der Waals surface area contributed by atoms with Crippen molar-refractivity contribution in [1.29, 1.82) is 0 Å². The summed E-state index contributed by atoms with van der Waals surface area (Å²) in [4.78, 5) is 118. The molecule has 0 aliphatic carbocycles. The smallest absolute Gasteiger partial charge is 0.326 e. The molecule has 24 heteroatoms. The summed E-state index contributed by atoms with van der Waals surface area (Å²) >= 11 is 1.40. The first-order valence-electron chi connectivity index (χ1n) is 20.1. The Bertz CT molecular complexity index is 1500. The molecule has 17 N–H and O–H groups in total. The van der Waals surface area contributed by atoms with E-state index >= 15 is 0 Å². The molecule has 0 aliphatic rings. The fourth-order valence-electron chi connectivity index (χ4n) is 5.59. The number of guanidine groups is 1. The van der Waals surface area contributed by atoms with E-state index in [1.165, 1.54) is 11.8 Å². The third-order valence-corrected chi connectivity index (χ3v) is 9.33. The quantitative estimate of drug-likeness (QED) is 0.0178. The molecule has 0 saturated carbocycles. The highest BCUT2D eigenvalue weighted by atomic mass is 32.2. The molecule has 6 atom stereocenters. The zero-order valence-corrected chi connectivity index (χ0v) is 36.6. The molecule has 0 aromatic rings. The first-order valence-corrected chi connectivity index (χ1v) is 21.5. The Morgan fingerprint density at radius 3 is 1.62 bits per heavy atom. The predicted octanol–water partition coefficient (Wildman–Crippen LogP) is -3.44. The molecule has 7 amide bonds. The van der Waals surface area contributed by atoms with Crippen LogP contribution in [0.2, 0.25) is 0 Å². The number of thioether (sulfide) groups is 1. The van der Waals surface area contributed by atoms with Gasteiger partial charge in [0.15, 0.2) is 5.96 Å². The molecule has 0 saturated heterocycles. The fourth-order valence-corrected chi connectivity index (χ4v) is 6.06. The van der Waals surface area contributed by atoms with Crippen molar-refractivity contribution in [1.82, 2.24) is 37.2 Å². The van der Waals surface area contributed by atoms with Crippen LogP contribution in [-0.2, 0) is 43.2 Å². The molecule has 61 heavy (non-hydrogen) atoms. The number of nitrogens with two attached hydrogens (primary N) is 4. The maximum atomic E-state index is 13.7. The van der Waals surface area contributed by atoms with Gasteiger partial charge in [0, 0.05) is 6.54 Å². The highest BCUT2D eigenvalue weighted by molar-refractivity contribution is 7.98. The molecule has 0 aromatic carbocycles. The van der Waals surface area contributed by atoms with Crippen LogP contribution in [0.25, 0.3) is 0 Å². The third kappa shape index (κ3) is 25.9. The van der Waals surface area contributed by atoms with Gasteiger partial charge in [0.1, 0.15) is 30.2 Å². The second-order valence-corrected chi connectivity index (χ2v) is 16.2. The average molecular weight is 889 g/mol. The molecule has 0 aromatic heterocycles. The van der Waals surface area contributed by atoms with Crippen LogP contribution in [0, 0.1) is 11.8 Å². The van der Waals surface area contributed by atoms with E-state index in [9.17, 15) is 48.3 Å². The van der Waals surface area contributed by atoms with Crippen molar-refractivity contribution in [3.63, 3.8) is 0 Å². The zero-order valence-electron chi connectivity index (χ0n) is 35.8. The van der Waals surface area contributed by atoms with Crippen LogP contribution in [0.15, 0.2) is 4.99 Å². The Morgan fingerprint density at radius 2 is 1.10 bits per heavy atom. The van der Waals surface area contributed by atoms with Crippen molar-refractivity contribution in [2.75, 3.05) is 38.2 Å².